The van der Waals surface area contributed by atoms with Crippen LogP contribution >= 0.6 is 0 Å². The van der Waals surface area contributed by atoms with Gasteiger partial charge < -0.3 is 14.5 Å². The molecule has 1 fully saturated rings. The van der Waals surface area contributed by atoms with Crippen LogP contribution in [-0.4, -0.2) is 25.2 Å². The van der Waals surface area contributed by atoms with Crippen molar-refractivity contribution in [2.24, 2.45) is 0 Å². The Kier molecular flexibility index (Phi) is 3.75. The summed E-state index contributed by atoms with van der Waals surface area (Å²) in [6.07, 6.45) is 1.56. The normalized spacial score (nSPS) is 16.0. The fourth-order valence-corrected chi connectivity index (χ4v) is 2.51. The maximum atomic E-state index is 12.2. The van der Waals surface area contributed by atoms with Gasteiger partial charge in [-0.15, -0.1) is 0 Å². The smallest absolute Gasteiger partial charge is 0.344 e. The third kappa shape index (κ3) is 2.97. The number of fused-ring (bicyclic) bond motifs is 1. The summed E-state index contributed by atoms with van der Waals surface area (Å²) >= 11 is 0. The van der Waals surface area contributed by atoms with Crippen molar-refractivity contribution in [1.82, 2.24) is 5.32 Å². The minimum atomic E-state index is -0.478. The Hall–Kier alpha value is -2.14. The zero-order valence-electron chi connectivity index (χ0n) is 11.8. The number of ether oxygens (including phenoxy) is 1. The number of nitrogens with one attached hydrogen (secondary N) is 1. The molecule has 1 aliphatic heterocycles. The summed E-state index contributed by atoms with van der Waals surface area (Å²) in [5, 5.41) is 4.10. The molecule has 5 nitrogen and oxygen atoms in total. The second-order valence-corrected chi connectivity index (χ2v) is 5.35. The lowest BCUT2D eigenvalue weighted by molar-refractivity contribution is 0.0681. The van der Waals surface area contributed by atoms with Crippen molar-refractivity contribution in [3.63, 3.8) is 0 Å². The van der Waals surface area contributed by atoms with E-state index in [-0.39, 0.29) is 17.7 Å². The summed E-state index contributed by atoms with van der Waals surface area (Å²) in [7, 11) is 0. The van der Waals surface area contributed by atoms with Gasteiger partial charge in [0.05, 0.1) is 5.39 Å². The highest BCUT2D eigenvalue weighted by Gasteiger charge is 2.19. The molecule has 0 unspecified atom stereocenters. The van der Waals surface area contributed by atoms with Gasteiger partial charge in [-0.05, 0) is 37.3 Å². The monoisotopic (exact) mass is 287 g/mol. The molecule has 5 heteroatoms. The quantitative estimate of drug-likeness (QED) is 0.917. The Morgan fingerprint density at radius 1 is 1.24 bits per heavy atom. The van der Waals surface area contributed by atoms with Gasteiger partial charge in [-0.25, -0.2) is 4.79 Å². The number of hydrogen-bond donors (Lipinski definition) is 1. The molecular weight excluding hydrogens is 270 g/mol. The molecule has 0 atom stereocenters. The van der Waals surface area contributed by atoms with Crippen molar-refractivity contribution in [2.75, 3.05) is 13.2 Å². The number of carbonyl (C=O) groups excluding carboxylic acids is 1. The van der Waals surface area contributed by atoms with Crippen LogP contribution in [-0.2, 0) is 4.74 Å². The van der Waals surface area contributed by atoms with E-state index in [0.29, 0.717) is 24.0 Å². The molecule has 1 aromatic carbocycles. The molecule has 0 radical (unpaired) electrons. The highest BCUT2D eigenvalue weighted by atomic mass is 16.5. The van der Waals surface area contributed by atoms with Gasteiger partial charge in [0, 0.05) is 19.3 Å². The van der Waals surface area contributed by atoms with Crippen molar-refractivity contribution >= 4 is 16.7 Å². The lowest BCUT2D eigenvalue weighted by atomic mass is 10.1. The Morgan fingerprint density at radius 3 is 2.76 bits per heavy atom. The minimum Gasteiger partial charge on any atom is -0.417 e. The van der Waals surface area contributed by atoms with Gasteiger partial charge in [0.15, 0.2) is 5.76 Å². The van der Waals surface area contributed by atoms with Gasteiger partial charge in [-0.1, -0.05) is 17.7 Å². The Labute approximate surface area is 121 Å². The predicted molar refractivity (Wildman–Crippen MR) is 78.5 cm³/mol. The summed E-state index contributed by atoms with van der Waals surface area (Å²) in [6.45, 7) is 3.20. The summed E-state index contributed by atoms with van der Waals surface area (Å²) in [4.78, 5) is 24.2. The van der Waals surface area contributed by atoms with Gasteiger partial charge in [0.2, 0.25) is 0 Å². The van der Waals surface area contributed by atoms with Gasteiger partial charge in [0.1, 0.15) is 0 Å². The van der Waals surface area contributed by atoms with E-state index in [1.807, 2.05) is 19.1 Å². The van der Waals surface area contributed by atoms with Crippen molar-refractivity contribution in [3.8, 4) is 0 Å². The van der Waals surface area contributed by atoms with E-state index in [0.717, 1.165) is 18.4 Å². The summed E-state index contributed by atoms with van der Waals surface area (Å²) in [6, 6.07) is 7.19. The summed E-state index contributed by atoms with van der Waals surface area (Å²) in [5.74, 6) is -0.288. The van der Waals surface area contributed by atoms with Crippen molar-refractivity contribution in [1.29, 1.82) is 0 Å². The molecule has 3 rings (SSSR count). The first-order valence-corrected chi connectivity index (χ1v) is 7.06. The average molecular weight is 287 g/mol. The first kappa shape index (κ1) is 13.8. The average Bonchev–Trinajstić information content (AvgIpc) is 2.49. The largest absolute Gasteiger partial charge is 0.417 e. The molecule has 2 heterocycles. The highest BCUT2D eigenvalue weighted by Crippen LogP contribution is 2.15. The lowest BCUT2D eigenvalue weighted by Gasteiger charge is -2.22. The maximum absolute atomic E-state index is 12.2. The molecular formula is C16H17NO4. The fourth-order valence-electron chi connectivity index (χ4n) is 2.51. The summed E-state index contributed by atoms with van der Waals surface area (Å²) in [5.41, 5.74) is 0.502. The molecule has 110 valence electrons. The first-order chi connectivity index (χ1) is 10.1. The van der Waals surface area contributed by atoms with Crippen LogP contribution < -0.4 is 10.9 Å². The van der Waals surface area contributed by atoms with Crippen LogP contribution in [0, 0.1) is 6.92 Å². The molecule has 0 spiro atoms. The maximum Gasteiger partial charge on any atom is 0.344 e. The second kappa shape index (κ2) is 5.69. The molecule has 1 saturated heterocycles. The van der Waals surface area contributed by atoms with E-state index in [1.54, 1.807) is 12.1 Å². The van der Waals surface area contributed by atoms with E-state index >= 15 is 0 Å². The van der Waals surface area contributed by atoms with E-state index in [9.17, 15) is 9.59 Å². The number of carbonyl (C=O) groups is 1. The first-order valence-electron chi connectivity index (χ1n) is 7.06. The topological polar surface area (TPSA) is 68.5 Å². The highest BCUT2D eigenvalue weighted by molar-refractivity contribution is 5.95. The molecule has 21 heavy (non-hydrogen) atoms. The van der Waals surface area contributed by atoms with E-state index < -0.39 is 5.63 Å². The third-order valence-corrected chi connectivity index (χ3v) is 3.70. The second-order valence-electron chi connectivity index (χ2n) is 5.35. The van der Waals surface area contributed by atoms with Crippen LogP contribution in [0.3, 0.4) is 0 Å². The molecule has 1 amide bonds. The molecule has 0 aliphatic carbocycles. The van der Waals surface area contributed by atoms with Crippen LogP contribution in [0.25, 0.3) is 10.8 Å². The number of hydrogen-bond acceptors (Lipinski definition) is 4. The number of benzene rings is 1. The summed E-state index contributed by atoms with van der Waals surface area (Å²) < 4.78 is 10.4. The fraction of sp³-hybridized carbons (Fsp3) is 0.375. The van der Waals surface area contributed by atoms with Gasteiger partial charge in [0.25, 0.3) is 5.91 Å². The number of amides is 1. The standard InChI is InChI=1S/C16H17NO4/c1-10-2-3-11-9-14(21-16(19)13(11)8-10)15(18)17-12-4-6-20-7-5-12/h2-3,8-9,12H,4-7H2,1H3,(H,17,18). The van der Waals surface area contributed by atoms with E-state index in [4.69, 9.17) is 9.15 Å². The molecule has 1 aliphatic rings. The molecule has 1 N–H and O–H groups in total. The van der Waals surface area contributed by atoms with Gasteiger partial charge in [-0.2, -0.15) is 0 Å². The number of rotatable bonds is 2. The molecule has 0 saturated carbocycles. The third-order valence-electron chi connectivity index (χ3n) is 3.70. The Bertz CT molecular complexity index is 729. The Morgan fingerprint density at radius 2 is 2.00 bits per heavy atom. The van der Waals surface area contributed by atoms with Crippen LogP contribution in [0.1, 0.15) is 29.0 Å². The molecule has 1 aromatic heterocycles. The SMILES string of the molecule is Cc1ccc2cc(C(=O)NC3CCOCC3)oc(=O)c2c1. The lowest BCUT2D eigenvalue weighted by Crippen LogP contribution is -2.39. The van der Waals surface area contributed by atoms with Gasteiger partial charge in [-0.3, -0.25) is 4.79 Å². The van der Waals surface area contributed by atoms with Crippen molar-refractivity contribution in [3.05, 3.63) is 46.0 Å². The van der Waals surface area contributed by atoms with E-state index in [2.05, 4.69) is 5.32 Å². The molecule has 0 bridgehead atoms. The zero-order chi connectivity index (χ0) is 14.8. The van der Waals surface area contributed by atoms with Crippen LogP contribution in [0.5, 0.6) is 0 Å². The minimum absolute atomic E-state index is 0.0582. The van der Waals surface area contributed by atoms with Crippen molar-refractivity contribution < 1.29 is 13.9 Å². The molecule has 2 aromatic rings. The Balaban J connectivity index is 1.88. The van der Waals surface area contributed by atoms with Crippen LogP contribution in [0.15, 0.2) is 33.5 Å². The zero-order valence-corrected chi connectivity index (χ0v) is 11.8. The number of aryl methyl sites for hydroxylation is 1. The van der Waals surface area contributed by atoms with Crippen LogP contribution in [0.4, 0.5) is 0 Å². The van der Waals surface area contributed by atoms with Crippen molar-refractivity contribution in [2.45, 2.75) is 25.8 Å². The van der Waals surface area contributed by atoms with Crippen LogP contribution in [0.2, 0.25) is 0 Å². The van der Waals surface area contributed by atoms with Gasteiger partial charge >= 0.3 is 5.63 Å². The van der Waals surface area contributed by atoms with E-state index in [1.165, 1.54) is 0 Å². The predicted octanol–water partition coefficient (Wildman–Crippen LogP) is 2.01.